The molecule has 106 valence electrons. The molecule has 1 amide bonds. The van der Waals surface area contributed by atoms with Crippen LogP contribution in [0.25, 0.3) is 6.08 Å². The van der Waals surface area contributed by atoms with Gasteiger partial charge in [0, 0.05) is 11.3 Å². The molecule has 0 saturated carbocycles. The third-order valence-electron chi connectivity index (χ3n) is 3.88. The van der Waals surface area contributed by atoms with Crippen LogP contribution in [0.4, 0.5) is 5.69 Å². The van der Waals surface area contributed by atoms with E-state index in [1.807, 2.05) is 43.3 Å². The summed E-state index contributed by atoms with van der Waals surface area (Å²) in [6.45, 7) is 2.04. The molecular weight excluding hydrogens is 258 g/mol. The molecule has 0 atom stereocenters. The molecule has 1 N–H and O–H groups in total. The fourth-order valence-electron chi connectivity index (χ4n) is 2.66. The maximum atomic E-state index is 12.4. The van der Waals surface area contributed by atoms with Crippen molar-refractivity contribution in [2.24, 2.45) is 0 Å². The lowest BCUT2D eigenvalue weighted by molar-refractivity contribution is -0.112. The van der Waals surface area contributed by atoms with Crippen LogP contribution in [-0.2, 0) is 11.2 Å². The monoisotopic (exact) mass is 277 g/mol. The second-order valence-electron chi connectivity index (χ2n) is 5.54. The van der Waals surface area contributed by atoms with Crippen molar-refractivity contribution in [3.63, 3.8) is 0 Å². The maximum Gasteiger partial charge on any atom is 0.251 e. The molecule has 0 spiro atoms. The minimum atomic E-state index is 0.00977. The molecule has 2 aromatic carbocycles. The first kappa shape index (κ1) is 13.6. The summed E-state index contributed by atoms with van der Waals surface area (Å²) in [5.74, 6) is 0.00977. The van der Waals surface area contributed by atoms with Gasteiger partial charge in [0.25, 0.3) is 5.91 Å². The molecule has 0 fully saturated rings. The number of carbonyl (C=O) groups excluding carboxylic acids is 1. The van der Waals surface area contributed by atoms with Gasteiger partial charge in [-0.3, -0.25) is 4.79 Å². The van der Waals surface area contributed by atoms with Gasteiger partial charge in [0.1, 0.15) is 0 Å². The van der Waals surface area contributed by atoms with Crippen molar-refractivity contribution in [3.8, 4) is 0 Å². The van der Waals surface area contributed by atoms with Crippen molar-refractivity contribution in [3.05, 3.63) is 70.8 Å². The van der Waals surface area contributed by atoms with Crippen LogP contribution in [0.2, 0.25) is 0 Å². The molecule has 1 aliphatic carbocycles. The van der Waals surface area contributed by atoms with Crippen molar-refractivity contribution >= 4 is 17.7 Å². The average Bonchev–Trinajstić information content (AvgIpc) is 2.72. The lowest BCUT2D eigenvalue weighted by atomic mass is 10.1. The van der Waals surface area contributed by atoms with E-state index >= 15 is 0 Å². The van der Waals surface area contributed by atoms with E-state index in [0.717, 1.165) is 30.5 Å². The molecule has 0 aromatic heterocycles. The third kappa shape index (κ3) is 3.22. The Hall–Kier alpha value is -2.35. The number of hydrogen-bond acceptors (Lipinski definition) is 1. The first-order valence-electron chi connectivity index (χ1n) is 7.39. The zero-order chi connectivity index (χ0) is 14.7. The summed E-state index contributed by atoms with van der Waals surface area (Å²) in [6, 6.07) is 16.2. The highest BCUT2D eigenvalue weighted by atomic mass is 16.1. The topological polar surface area (TPSA) is 29.1 Å². The first-order valence-corrected chi connectivity index (χ1v) is 7.39. The Kier molecular flexibility index (Phi) is 3.87. The van der Waals surface area contributed by atoms with Gasteiger partial charge in [-0.05, 0) is 55.5 Å². The number of aryl methyl sites for hydroxylation is 2. The zero-order valence-corrected chi connectivity index (χ0v) is 12.2. The van der Waals surface area contributed by atoms with Gasteiger partial charge in [-0.25, -0.2) is 0 Å². The molecule has 2 heteroatoms. The predicted octanol–water partition coefficient (Wildman–Crippen LogP) is 4.35. The number of benzene rings is 2. The van der Waals surface area contributed by atoms with E-state index in [0.29, 0.717) is 0 Å². The van der Waals surface area contributed by atoms with E-state index in [-0.39, 0.29) is 5.91 Å². The molecule has 3 rings (SSSR count). The summed E-state index contributed by atoms with van der Waals surface area (Å²) in [5.41, 5.74) is 5.40. The summed E-state index contributed by atoms with van der Waals surface area (Å²) in [7, 11) is 0. The van der Waals surface area contributed by atoms with Gasteiger partial charge in [-0.15, -0.1) is 0 Å². The Balaban J connectivity index is 1.81. The van der Waals surface area contributed by atoms with Crippen molar-refractivity contribution in [1.29, 1.82) is 0 Å². The maximum absolute atomic E-state index is 12.4. The van der Waals surface area contributed by atoms with E-state index in [1.54, 1.807) is 0 Å². The molecule has 0 heterocycles. The quantitative estimate of drug-likeness (QED) is 0.868. The highest BCUT2D eigenvalue weighted by molar-refractivity contribution is 6.06. The standard InChI is InChI=1S/C19H19NO/c1-14-9-11-18(12-10-14)20-19(21)17-8-4-7-15-5-2-3-6-16(15)13-17/h2-3,5-6,9-13H,4,7-8H2,1H3,(H,20,21). The lowest BCUT2D eigenvalue weighted by Gasteiger charge is -2.08. The van der Waals surface area contributed by atoms with Crippen LogP contribution in [0.5, 0.6) is 0 Å². The highest BCUT2D eigenvalue weighted by Gasteiger charge is 2.14. The third-order valence-corrected chi connectivity index (χ3v) is 3.88. The zero-order valence-electron chi connectivity index (χ0n) is 12.2. The molecule has 0 saturated heterocycles. The van der Waals surface area contributed by atoms with E-state index in [9.17, 15) is 4.79 Å². The molecule has 2 aromatic rings. The normalized spacial score (nSPS) is 13.9. The Morgan fingerprint density at radius 1 is 1.00 bits per heavy atom. The first-order chi connectivity index (χ1) is 10.2. The number of anilines is 1. The number of amides is 1. The molecule has 2 nitrogen and oxygen atoms in total. The van der Waals surface area contributed by atoms with Gasteiger partial charge >= 0.3 is 0 Å². The minimum Gasteiger partial charge on any atom is -0.322 e. The SMILES string of the molecule is Cc1ccc(NC(=O)C2=Cc3ccccc3CCC2)cc1. The highest BCUT2D eigenvalue weighted by Crippen LogP contribution is 2.24. The number of nitrogens with one attached hydrogen (secondary N) is 1. The Bertz CT molecular complexity index is 683. The van der Waals surface area contributed by atoms with E-state index in [1.165, 1.54) is 16.7 Å². The molecule has 0 radical (unpaired) electrons. The fraction of sp³-hybridized carbons (Fsp3) is 0.211. The Morgan fingerprint density at radius 3 is 2.57 bits per heavy atom. The largest absolute Gasteiger partial charge is 0.322 e. The van der Waals surface area contributed by atoms with Gasteiger partial charge in [-0.2, -0.15) is 0 Å². The fourth-order valence-corrected chi connectivity index (χ4v) is 2.66. The number of hydrogen-bond donors (Lipinski definition) is 1. The van der Waals surface area contributed by atoms with Gasteiger partial charge in [0.15, 0.2) is 0 Å². The molecule has 1 aliphatic rings. The van der Waals surface area contributed by atoms with E-state index in [4.69, 9.17) is 0 Å². The second kappa shape index (κ2) is 5.96. The van der Waals surface area contributed by atoms with E-state index in [2.05, 4.69) is 23.5 Å². The summed E-state index contributed by atoms with van der Waals surface area (Å²) >= 11 is 0. The molecule has 21 heavy (non-hydrogen) atoms. The summed E-state index contributed by atoms with van der Waals surface area (Å²) < 4.78 is 0. The van der Waals surface area contributed by atoms with Crippen LogP contribution in [0.1, 0.15) is 29.5 Å². The van der Waals surface area contributed by atoms with E-state index < -0.39 is 0 Å². The van der Waals surface area contributed by atoms with Gasteiger partial charge in [-0.1, -0.05) is 42.0 Å². The second-order valence-corrected chi connectivity index (χ2v) is 5.54. The predicted molar refractivity (Wildman–Crippen MR) is 87.2 cm³/mol. The number of rotatable bonds is 2. The Morgan fingerprint density at radius 2 is 1.76 bits per heavy atom. The summed E-state index contributed by atoms with van der Waals surface area (Å²) in [6.07, 6.45) is 4.91. The van der Waals surface area contributed by atoms with Crippen molar-refractivity contribution in [2.45, 2.75) is 26.2 Å². The van der Waals surface area contributed by atoms with Gasteiger partial charge in [0.2, 0.25) is 0 Å². The molecule has 0 aliphatic heterocycles. The summed E-state index contributed by atoms with van der Waals surface area (Å²) in [4.78, 5) is 12.4. The van der Waals surface area contributed by atoms with Crippen LogP contribution in [-0.4, -0.2) is 5.91 Å². The van der Waals surface area contributed by atoms with Crippen molar-refractivity contribution in [1.82, 2.24) is 0 Å². The van der Waals surface area contributed by atoms with Gasteiger partial charge < -0.3 is 5.32 Å². The van der Waals surface area contributed by atoms with Crippen LogP contribution in [0.3, 0.4) is 0 Å². The molecule has 0 unspecified atom stereocenters. The van der Waals surface area contributed by atoms with Crippen molar-refractivity contribution in [2.75, 3.05) is 5.32 Å². The number of carbonyl (C=O) groups is 1. The van der Waals surface area contributed by atoms with Crippen LogP contribution in [0, 0.1) is 6.92 Å². The molecular formula is C19H19NO. The van der Waals surface area contributed by atoms with Crippen LogP contribution >= 0.6 is 0 Å². The smallest absolute Gasteiger partial charge is 0.251 e. The average molecular weight is 277 g/mol. The Labute approximate surface area is 125 Å². The summed E-state index contributed by atoms with van der Waals surface area (Å²) in [5, 5.41) is 2.99. The minimum absolute atomic E-state index is 0.00977. The van der Waals surface area contributed by atoms with Crippen LogP contribution in [0.15, 0.2) is 54.1 Å². The van der Waals surface area contributed by atoms with Crippen molar-refractivity contribution < 1.29 is 4.79 Å². The van der Waals surface area contributed by atoms with Gasteiger partial charge in [0.05, 0.1) is 0 Å². The lowest BCUT2D eigenvalue weighted by Crippen LogP contribution is -2.14. The number of fused-ring (bicyclic) bond motifs is 1. The molecule has 0 bridgehead atoms. The van der Waals surface area contributed by atoms with Crippen LogP contribution < -0.4 is 5.32 Å².